The van der Waals surface area contributed by atoms with E-state index in [0.717, 1.165) is 0 Å². The SMILES string of the molecule is CCCCCc1ccccc1.Oc1ccccc1Oc1ccccc1. The molecule has 3 aromatic carbocycles. The highest BCUT2D eigenvalue weighted by molar-refractivity contribution is 5.41. The van der Waals surface area contributed by atoms with Gasteiger partial charge in [-0.05, 0) is 42.7 Å². The Morgan fingerprint density at radius 3 is 1.96 bits per heavy atom. The zero-order valence-electron chi connectivity index (χ0n) is 14.8. The third-order valence-electron chi connectivity index (χ3n) is 3.75. The minimum absolute atomic E-state index is 0.149. The van der Waals surface area contributed by atoms with Crippen LogP contribution in [0.3, 0.4) is 0 Å². The number of hydrogen-bond acceptors (Lipinski definition) is 2. The molecule has 0 aliphatic rings. The summed E-state index contributed by atoms with van der Waals surface area (Å²) in [6.45, 7) is 2.24. The number of hydrogen-bond donors (Lipinski definition) is 1. The first-order valence-electron chi connectivity index (χ1n) is 8.84. The standard InChI is InChI=1S/C12H10O2.C11H16/c13-11-8-4-5-9-12(11)14-10-6-2-1-3-7-10;1-2-3-5-8-11-9-6-4-7-10-11/h1-9,13H;4,6-7,9-10H,2-3,5,8H2,1H3. The van der Waals surface area contributed by atoms with Gasteiger partial charge in [-0.2, -0.15) is 0 Å². The molecule has 0 amide bonds. The molecular weight excluding hydrogens is 308 g/mol. The molecule has 1 N–H and O–H groups in total. The van der Waals surface area contributed by atoms with Crippen LogP contribution in [0, 0.1) is 0 Å². The smallest absolute Gasteiger partial charge is 0.169 e. The number of aromatic hydroxyl groups is 1. The van der Waals surface area contributed by atoms with Gasteiger partial charge in [-0.1, -0.05) is 80.4 Å². The first kappa shape index (κ1) is 18.6. The van der Waals surface area contributed by atoms with E-state index in [1.165, 1.54) is 31.2 Å². The Labute approximate surface area is 150 Å². The molecule has 0 radical (unpaired) electrons. The van der Waals surface area contributed by atoms with Gasteiger partial charge in [0, 0.05) is 0 Å². The second kappa shape index (κ2) is 10.9. The van der Waals surface area contributed by atoms with E-state index in [4.69, 9.17) is 4.74 Å². The van der Waals surface area contributed by atoms with Gasteiger partial charge in [-0.15, -0.1) is 0 Å². The van der Waals surface area contributed by atoms with E-state index in [1.807, 2.05) is 36.4 Å². The highest BCUT2D eigenvalue weighted by Crippen LogP contribution is 2.29. The van der Waals surface area contributed by atoms with E-state index in [1.54, 1.807) is 18.2 Å². The first-order valence-corrected chi connectivity index (χ1v) is 8.84. The summed E-state index contributed by atoms with van der Waals surface area (Å²) in [6, 6.07) is 27.0. The Bertz CT molecular complexity index is 708. The molecule has 3 rings (SSSR count). The molecule has 0 heterocycles. The zero-order valence-corrected chi connectivity index (χ0v) is 14.8. The molecule has 0 atom stereocenters. The third kappa shape index (κ3) is 7.13. The molecule has 0 unspecified atom stereocenters. The topological polar surface area (TPSA) is 29.5 Å². The third-order valence-corrected chi connectivity index (χ3v) is 3.75. The fourth-order valence-electron chi connectivity index (χ4n) is 2.38. The molecule has 2 nitrogen and oxygen atoms in total. The van der Waals surface area contributed by atoms with Crippen LogP contribution in [-0.2, 0) is 6.42 Å². The molecule has 0 aliphatic carbocycles. The predicted octanol–water partition coefficient (Wildman–Crippen LogP) is 6.60. The fraction of sp³-hybridized carbons (Fsp3) is 0.217. The van der Waals surface area contributed by atoms with Gasteiger partial charge in [-0.25, -0.2) is 0 Å². The summed E-state index contributed by atoms with van der Waals surface area (Å²) in [7, 11) is 0. The molecule has 0 aromatic heterocycles. The van der Waals surface area contributed by atoms with Crippen molar-refractivity contribution in [2.24, 2.45) is 0 Å². The molecule has 3 aromatic rings. The minimum Gasteiger partial charge on any atom is -0.504 e. The van der Waals surface area contributed by atoms with Crippen molar-refractivity contribution in [2.75, 3.05) is 0 Å². The summed E-state index contributed by atoms with van der Waals surface area (Å²) in [5.74, 6) is 1.34. The number of ether oxygens (including phenoxy) is 1. The molecule has 0 aliphatic heterocycles. The molecule has 25 heavy (non-hydrogen) atoms. The average Bonchev–Trinajstić information content (AvgIpc) is 2.66. The molecule has 0 saturated carbocycles. The van der Waals surface area contributed by atoms with Gasteiger partial charge in [0.25, 0.3) is 0 Å². The minimum atomic E-state index is 0.149. The Hall–Kier alpha value is -2.74. The van der Waals surface area contributed by atoms with Crippen LogP contribution in [0.2, 0.25) is 0 Å². The average molecular weight is 334 g/mol. The number of phenols is 1. The lowest BCUT2D eigenvalue weighted by Crippen LogP contribution is -1.83. The van der Waals surface area contributed by atoms with E-state index in [0.29, 0.717) is 11.5 Å². The van der Waals surface area contributed by atoms with E-state index in [-0.39, 0.29) is 5.75 Å². The Balaban J connectivity index is 0.000000186. The maximum Gasteiger partial charge on any atom is 0.169 e. The predicted molar refractivity (Wildman–Crippen MR) is 104 cm³/mol. The maximum absolute atomic E-state index is 9.45. The van der Waals surface area contributed by atoms with E-state index in [9.17, 15) is 5.11 Å². The Morgan fingerprint density at radius 2 is 1.32 bits per heavy atom. The highest BCUT2D eigenvalue weighted by atomic mass is 16.5. The van der Waals surface area contributed by atoms with E-state index in [2.05, 4.69) is 37.3 Å². The monoisotopic (exact) mass is 334 g/mol. The number of para-hydroxylation sites is 3. The van der Waals surface area contributed by atoms with Crippen LogP contribution in [0.5, 0.6) is 17.2 Å². The molecule has 0 fully saturated rings. The van der Waals surface area contributed by atoms with Crippen LogP contribution in [0.4, 0.5) is 0 Å². The molecule has 130 valence electrons. The van der Waals surface area contributed by atoms with Gasteiger partial charge >= 0.3 is 0 Å². The number of aryl methyl sites for hydroxylation is 1. The van der Waals surface area contributed by atoms with Crippen LogP contribution in [0.15, 0.2) is 84.9 Å². The summed E-state index contributed by atoms with van der Waals surface area (Å²) in [6.07, 6.45) is 5.25. The van der Waals surface area contributed by atoms with Crippen LogP contribution in [0.1, 0.15) is 31.7 Å². The lowest BCUT2D eigenvalue weighted by molar-refractivity contribution is 0.411. The molecular formula is C23H26O2. The maximum atomic E-state index is 9.45. The Morgan fingerprint density at radius 1 is 0.720 bits per heavy atom. The van der Waals surface area contributed by atoms with Crippen molar-refractivity contribution >= 4 is 0 Å². The van der Waals surface area contributed by atoms with Crippen LogP contribution in [0.25, 0.3) is 0 Å². The van der Waals surface area contributed by atoms with E-state index >= 15 is 0 Å². The summed E-state index contributed by atoms with van der Waals surface area (Å²) in [5, 5.41) is 9.45. The van der Waals surface area contributed by atoms with Crippen molar-refractivity contribution in [3.05, 3.63) is 90.5 Å². The Kier molecular flexibility index (Phi) is 8.13. The van der Waals surface area contributed by atoms with Gasteiger partial charge in [0.2, 0.25) is 0 Å². The number of benzene rings is 3. The summed E-state index contributed by atoms with van der Waals surface area (Å²) in [5.41, 5.74) is 1.47. The van der Waals surface area contributed by atoms with E-state index < -0.39 is 0 Å². The van der Waals surface area contributed by atoms with Gasteiger partial charge in [-0.3, -0.25) is 0 Å². The van der Waals surface area contributed by atoms with Crippen molar-refractivity contribution in [3.8, 4) is 17.2 Å². The summed E-state index contributed by atoms with van der Waals surface area (Å²) < 4.78 is 5.46. The van der Waals surface area contributed by atoms with Crippen molar-refractivity contribution in [2.45, 2.75) is 32.6 Å². The van der Waals surface area contributed by atoms with Gasteiger partial charge in [0.1, 0.15) is 5.75 Å². The zero-order chi connectivity index (χ0) is 17.7. The molecule has 0 bridgehead atoms. The normalized spacial score (nSPS) is 9.80. The van der Waals surface area contributed by atoms with Gasteiger partial charge in [0.05, 0.1) is 0 Å². The second-order valence-corrected chi connectivity index (χ2v) is 5.83. The fourth-order valence-corrected chi connectivity index (χ4v) is 2.38. The van der Waals surface area contributed by atoms with Crippen LogP contribution >= 0.6 is 0 Å². The van der Waals surface area contributed by atoms with Crippen LogP contribution < -0.4 is 4.74 Å². The van der Waals surface area contributed by atoms with Crippen molar-refractivity contribution in [3.63, 3.8) is 0 Å². The highest BCUT2D eigenvalue weighted by Gasteiger charge is 2.00. The lowest BCUT2D eigenvalue weighted by Gasteiger charge is -2.06. The summed E-state index contributed by atoms with van der Waals surface area (Å²) >= 11 is 0. The first-order chi connectivity index (χ1) is 12.3. The van der Waals surface area contributed by atoms with Gasteiger partial charge < -0.3 is 9.84 Å². The van der Waals surface area contributed by atoms with Gasteiger partial charge in [0.15, 0.2) is 11.5 Å². The van der Waals surface area contributed by atoms with Crippen molar-refractivity contribution < 1.29 is 9.84 Å². The largest absolute Gasteiger partial charge is 0.504 e. The van der Waals surface area contributed by atoms with Crippen LogP contribution in [-0.4, -0.2) is 5.11 Å². The molecule has 2 heteroatoms. The number of rotatable bonds is 6. The van der Waals surface area contributed by atoms with Crippen molar-refractivity contribution in [1.82, 2.24) is 0 Å². The number of phenolic OH excluding ortho intramolecular Hbond substituents is 1. The quantitative estimate of drug-likeness (QED) is 0.514. The lowest BCUT2D eigenvalue weighted by atomic mass is 10.1. The second-order valence-electron chi connectivity index (χ2n) is 5.83. The summed E-state index contributed by atoms with van der Waals surface area (Å²) in [4.78, 5) is 0. The number of unbranched alkanes of at least 4 members (excludes halogenated alkanes) is 2. The molecule has 0 spiro atoms. The molecule has 0 saturated heterocycles. The van der Waals surface area contributed by atoms with Crippen molar-refractivity contribution in [1.29, 1.82) is 0 Å².